The molecule has 0 aliphatic carbocycles. The first-order chi connectivity index (χ1) is 12.4. The normalized spacial score (nSPS) is 11.7. The molecule has 9 heteroatoms. The summed E-state index contributed by atoms with van der Waals surface area (Å²) >= 11 is 0. The number of hydrogen-bond donors (Lipinski definition) is 0. The Kier molecular flexibility index (Phi) is 5.29. The first kappa shape index (κ1) is 18.0. The van der Waals surface area contributed by atoms with E-state index in [0.29, 0.717) is 23.7 Å². The average molecular weight is 373 g/mol. The van der Waals surface area contributed by atoms with E-state index in [1.165, 1.54) is 11.4 Å². The maximum Gasteiger partial charge on any atom is 0.211 e. The lowest BCUT2D eigenvalue weighted by Gasteiger charge is -2.11. The van der Waals surface area contributed by atoms with Crippen LogP contribution in [-0.4, -0.2) is 46.0 Å². The van der Waals surface area contributed by atoms with Crippen LogP contribution < -0.4 is 4.74 Å². The van der Waals surface area contributed by atoms with Crippen LogP contribution in [0.15, 0.2) is 55.0 Å². The standard InChI is InChI=1S/C17H19N5O3S/c1-21(26(2,23)24)12-15-13-22(20-19-15)11-14-6-3-4-8-17(14)25-16-7-5-9-18-10-16/h3-10,13H,11-12H2,1-2H3. The van der Waals surface area contributed by atoms with Gasteiger partial charge in [-0.2, -0.15) is 4.31 Å². The van der Waals surface area contributed by atoms with Gasteiger partial charge in [0, 0.05) is 18.8 Å². The van der Waals surface area contributed by atoms with Gasteiger partial charge in [0.2, 0.25) is 10.0 Å². The Morgan fingerprint density at radius 3 is 2.73 bits per heavy atom. The van der Waals surface area contributed by atoms with Crippen LogP contribution >= 0.6 is 0 Å². The van der Waals surface area contributed by atoms with Crippen molar-refractivity contribution in [3.63, 3.8) is 0 Å². The quantitative estimate of drug-likeness (QED) is 0.628. The van der Waals surface area contributed by atoms with Crippen molar-refractivity contribution in [3.8, 4) is 11.5 Å². The molecular formula is C17H19N5O3S. The van der Waals surface area contributed by atoms with Crippen LogP contribution in [0.25, 0.3) is 0 Å². The highest BCUT2D eigenvalue weighted by atomic mass is 32.2. The fraction of sp³-hybridized carbons (Fsp3) is 0.235. The topological polar surface area (TPSA) is 90.2 Å². The van der Waals surface area contributed by atoms with Gasteiger partial charge < -0.3 is 4.74 Å². The number of benzene rings is 1. The molecule has 3 aromatic rings. The minimum Gasteiger partial charge on any atom is -0.455 e. The first-order valence-corrected chi connectivity index (χ1v) is 9.73. The van der Waals surface area contributed by atoms with Gasteiger partial charge in [-0.25, -0.2) is 13.1 Å². The van der Waals surface area contributed by atoms with E-state index in [0.717, 1.165) is 11.8 Å². The third kappa shape index (κ3) is 4.64. The molecule has 0 amide bonds. The Morgan fingerprint density at radius 1 is 1.19 bits per heavy atom. The van der Waals surface area contributed by atoms with Gasteiger partial charge in [0.1, 0.15) is 11.5 Å². The van der Waals surface area contributed by atoms with E-state index in [1.54, 1.807) is 29.3 Å². The molecule has 0 aliphatic rings. The highest BCUT2D eigenvalue weighted by Gasteiger charge is 2.14. The summed E-state index contributed by atoms with van der Waals surface area (Å²) in [5, 5.41) is 8.11. The molecule has 0 radical (unpaired) electrons. The SMILES string of the molecule is CN(Cc1cn(Cc2ccccc2Oc2cccnc2)nn1)S(C)(=O)=O. The van der Waals surface area contributed by atoms with Crippen molar-refractivity contribution >= 4 is 10.0 Å². The lowest BCUT2D eigenvalue weighted by Crippen LogP contribution is -2.25. The first-order valence-electron chi connectivity index (χ1n) is 7.88. The number of ether oxygens (including phenoxy) is 1. The maximum atomic E-state index is 11.5. The molecule has 0 saturated carbocycles. The zero-order valence-corrected chi connectivity index (χ0v) is 15.3. The van der Waals surface area contributed by atoms with Gasteiger partial charge in [0.05, 0.1) is 37.4 Å². The number of hydrogen-bond acceptors (Lipinski definition) is 6. The molecule has 0 bridgehead atoms. The van der Waals surface area contributed by atoms with Crippen molar-refractivity contribution in [3.05, 3.63) is 66.2 Å². The fourth-order valence-electron chi connectivity index (χ4n) is 2.28. The van der Waals surface area contributed by atoms with Gasteiger partial charge in [-0.15, -0.1) is 5.10 Å². The van der Waals surface area contributed by atoms with E-state index < -0.39 is 10.0 Å². The van der Waals surface area contributed by atoms with E-state index in [9.17, 15) is 8.42 Å². The lowest BCUT2D eigenvalue weighted by atomic mass is 10.2. The molecule has 1 aromatic carbocycles. The molecule has 0 N–H and O–H groups in total. The van der Waals surface area contributed by atoms with Crippen molar-refractivity contribution in [1.82, 2.24) is 24.3 Å². The van der Waals surface area contributed by atoms with E-state index in [4.69, 9.17) is 4.74 Å². The zero-order valence-electron chi connectivity index (χ0n) is 14.5. The van der Waals surface area contributed by atoms with Gasteiger partial charge in [0.15, 0.2) is 0 Å². The Morgan fingerprint density at radius 2 is 2.00 bits per heavy atom. The van der Waals surface area contributed by atoms with Gasteiger partial charge in [-0.3, -0.25) is 4.98 Å². The Balaban J connectivity index is 1.74. The van der Waals surface area contributed by atoms with Gasteiger partial charge in [0.25, 0.3) is 0 Å². The third-order valence-electron chi connectivity index (χ3n) is 3.70. The number of aromatic nitrogens is 4. The van der Waals surface area contributed by atoms with Crippen LogP contribution in [0.4, 0.5) is 0 Å². The van der Waals surface area contributed by atoms with Crippen LogP contribution in [-0.2, 0) is 23.1 Å². The van der Waals surface area contributed by atoms with Crippen molar-refractivity contribution < 1.29 is 13.2 Å². The number of rotatable bonds is 7. The van der Waals surface area contributed by atoms with Gasteiger partial charge in [-0.05, 0) is 18.2 Å². The summed E-state index contributed by atoms with van der Waals surface area (Å²) in [7, 11) is -1.76. The van der Waals surface area contributed by atoms with Crippen molar-refractivity contribution in [2.75, 3.05) is 13.3 Å². The predicted octanol–water partition coefficient (Wildman–Crippen LogP) is 1.91. The monoisotopic (exact) mass is 373 g/mol. The zero-order chi connectivity index (χ0) is 18.6. The second-order valence-electron chi connectivity index (χ2n) is 5.83. The van der Waals surface area contributed by atoms with Crippen LogP contribution in [0.2, 0.25) is 0 Å². The average Bonchev–Trinajstić information content (AvgIpc) is 3.04. The molecule has 2 aromatic heterocycles. The summed E-state index contributed by atoms with van der Waals surface area (Å²) in [6, 6.07) is 11.3. The van der Waals surface area contributed by atoms with E-state index in [2.05, 4.69) is 15.3 Å². The molecule has 0 spiro atoms. The predicted molar refractivity (Wildman–Crippen MR) is 96.2 cm³/mol. The Labute approximate surface area is 152 Å². The molecule has 0 unspecified atom stereocenters. The number of pyridine rings is 1. The molecule has 136 valence electrons. The fourth-order valence-corrected chi connectivity index (χ4v) is 2.64. The van der Waals surface area contributed by atoms with Crippen molar-refractivity contribution in [2.24, 2.45) is 0 Å². The van der Waals surface area contributed by atoms with Crippen LogP contribution in [0.3, 0.4) is 0 Å². The largest absolute Gasteiger partial charge is 0.455 e. The summed E-state index contributed by atoms with van der Waals surface area (Å²) in [6.45, 7) is 0.624. The molecule has 8 nitrogen and oxygen atoms in total. The summed E-state index contributed by atoms with van der Waals surface area (Å²) < 4.78 is 31.8. The minimum atomic E-state index is -3.26. The van der Waals surface area contributed by atoms with Crippen LogP contribution in [0.5, 0.6) is 11.5 Å². The lowest BCUT2D eigenvalue weighted by molar-refractivity contribution is 0.467. The van der Waals surface area contributed by atoms with Gasteiger partial charge in [-0.1, -0.05) is 23.4 Å². The van der Waals surface area contributed by atoms with E-state index in [-0.39, 0.29) is 6.54 Å². The molecule has 2 heterocycles. The van der Waals surface area contributed by atoms with E-state index in [1.807, 2.05) is 30.3 Å². The molecule has 0 saturated heterocycles. The molecule has 0 aliphatic heterocycles. The van der Waals surface area contributed by atoms with Crippen molar-refractivity contribution in [2.45, 2.75) is 13.1 Å². The summed E-state index contributed by atoms with van der Waals surface area (Å²) in [5.41, 5.74) is 1.49. The molecule has 26 heavy (non-hydrogen) atoms. The molecule has 3 rings (SSSR count). The smallest absolute Gasteiger partial charge is 0.211 e. The maximum absolute atomic E-state index is 11.5. The Bertz CT molecular complexity index is 973. The third-order valence-corrected chi connectivity index (χ3v) is 4.97. The summed E-state index contributed by atoms with van der Waals surface area (Å²) in [4.78, 5) is 4.04. The second kappa shape index (κ2) is 7.63. The summed E-state index contributed by atoms with van der Waals surface area (Å²) in [5.74, 6) is 1.35. The van der Waals surface area contributed by atoms with E-state index >= 15 is 0 Å². The highest BCUT2D eigenvalue weighted by Crippen LogP contribution is 2.25. The van der Waals surface area contributed by atoms with Crippen molar-refractivity contribution in [1.29, 1.82) is 0 Å². The van der Waals surface area contributed by atoms with Crippen LogP contribution in [0.1, 0.15) is 11.3 Å². The molecule has 0 atom stereocenters. The minimum absolute atomic E-state index is 0.173. The van der Waals surface area contributed by atoms with Gasteiger partial charge >= 0.3 is 0 Å². The summed E-state index contributed by atoms with van der Waals surface area (Å²) in [6.07, 6.45) is 6.21. The molecule has 0 fully saturated rings. The number of para-hydroxylation sites is 1. The highest BCUT2D eigenvalue weighted by molar-refractivity contribution is 7.88. The van der Waals surface area contributed by atoms with Crippen LogP contribution in [0, 0.1) is 0 Å². The number of nitrogens with zero attached hydrogens (tertiary/aromatic N) is 5. The second-order valence-corrected chi connectivity index (χ2v) is 7.91. The molecular weight excluding hydrogens is 354 g/mol. The Hall–Kier alpha value is -2.78. The number of sulfonamides is 1.